The Morgan fingerprint density at radius 2 is 1.45 bits per heavy atom. The molecule has 0 aromatic heterocycles. The number of amides is 1. The molecule has 22 heavy (non-hydrogen) atoms. The summed E-state index contributed by atoms with van der Waals surface area (Å²) >= 11 is 0. The summed E-state index contributed by atoms with van der Waals surface area (Å²) in [7, 11) is 0. The molecule has 1 unspecified atom stereocenters. The molecule has 0 radical (unpaired) electrons. The van der Waals surface area contributed by atoms with Crippen molar-refractivity contribution in [3.63, 3.8) is 0 Å². The second-order valence-corrected chi connectivity index (χ2v) is 4.70. The van der Waals surface area contributed by atoms with E-state index in [1.54, 1.807) is 0 Å². The lowest BCUT2D eigenvalue weighted by Crippen LogP contribution is -2.34. The molecule has 1 atom stereocenters. The van der Waals surface area contributed by atoms with E-state index in [2.05, 4.69) is 0 Å². The fourth-order valence-corrected chi connectivity index (χ4v) is 2.03. The SMILES string of the molecule is CC1=CC(O)N(c2cc(C(F)(F)F)cc(C(F)(F)F)c2)C1=O. The van der Waals surface area contributed by atoms with Crippen LogP contribution in [0.25, 0.3) is 0 Å². The molecule has 0 saturated heterocycles. The Hall–Kier alpha value is -2.03. The average molecular weight is 325 g/mol. The van der Waals surface area contributed by atoms with E-state index in [-0.39, 0.29) is 11.6 Å². The number of aliphatic hydroxyl groups excluding tert-OH is 1. The van der Waals surface area contributed by atoms with E-state index in [0.29, 0.717) is 17.0 Å². The van der Waals surface area contributed by atoms with Crippen molar-refractivity contribution in [3.05, 3.63) is 41.0 Å². The van der Waals surface area contributed by atoms with Crippen molar-refractivity contribution < 1.29 is 36.2 Å². The molecule has 1 aromatic carbocycles. The van der Waals surface area contributed by atoms with Gasteiger partial charge in [-0.1, -0.05) is 0 Å². The summed E-state index contributed by atoms with van der Waals surface area (Å²) in [6.07, 6.45) is -10.6. The van der Waals surface area contributed by atoms with Crippen molar-refractivity contribution in [3.8, 4) is 0 Å². The number of anilines is 1. The van der Waals surface area contributed by atoms with Gasteiger partial charge in [0, 0.05) is 11.3 Å². The van der Waals surface area contributed by atoms with Crippen molar-refractivity contribution in [2.24, 2.45) is 0 Å². The third kappa shape index (κ3) is 2.94. The van der Waals surface area contributed by atoms with Crippen molar-refractivity contribution in [1.82, 2.24) is 0 Å². The van der Waals surface area contributed by atoms with Gasteiger partial charge in [-0.15, -0.1) is 0 Å². The highest BCUT2D eigenvalue weighted by molar-refractivity contribution is 6.08. The first-order valence-corrected chi connectivity index (χ1v) is 5.91. The Morgan fingerprint density at radius 1 is 1.00 bits per heavy atom. The van der Waals surface area contributed by atoms with Gasteiger partial charge in [0.15, 0.2) is 6.23 Å². The van der Waals surface area contributed by atoms with Gasteiger partial charge in [-0.2, -0.15) is 26.3 Å². The van der Waals surface area contributed by atoms with Gasteiger partial charge in [0.25, 0.3) is 5.91 Å². The lowest BCUT2D eigenvalue weighted by molar-refractivity contribution is -0.143. The van der Waals surface area contributed by atoms with Crippen molar-refractivity contribution in [1.29, 1.82) is 0 Å². The molecule has 1 aliphatic heterocycles. The summed E-state index contributed by atoms with van der Waals surface area (Å²) in [5, 5.41) is 9.64. The molecule has 1 heterocycles. The van der Waals surface area contributed by atoms with Gasteiger partial charge < -0.3 is 5.11 Å². The van der Waals surface area contributed by atoms with Crippen LogP contribution in [0, 0.1) is 0 Å². The van der Waals surface area contributed by atoms with Crippen LogP contribution in [0.15, 0.2) is 29.8 Å². The minimum atomic E-state index is -5.02. The topological polar surface area (TPSA) is 40.5 Å². The average Bonchev–Trinajstić information content (AvgIpc) is 2.60. The Morgan fingerprint density at radius 3 is 1.77 bits per heavy atom. The standard InChI is InChI=1S/C13H9F6NO2/c1-6-2-10(21)20(11(6)22)9-4-7(12(14,15)16)3-8(5-9)13(17,18)19/h2-5,10,21H,1H3. The monoisotopic (exact) mass is 325 g/mol. The van der Waals surface area contributed by atoms with E-state index in [1.165, 1.54) is 6.92 Å². The zero-order valence-electron chi connectivity index (χ0n) is 11.0. The van der Waals surface area contributed by atoms with Crippen LogP contribution in [-0.2, 0) is 17.1 Å². The largest absolute Gasteiger partial charge is 0.416 e. The first kappa shape index (κ1) is 16.3. The Kier molecular flexibility index (Phi) is 3.72. The molecule has 0 bridgehead atoms. The number of benzene rings is 1. The van der Waals surface area contributed by atoms with Crippen molar-refractivity contribution in [2.45, 2.75) is 25.5 Å². The van der Waals surface area contributed by atoms with Crippen LogP contribution in [0.1, 0.15) is 18.1 Å². The molecule has 1 aliphatic rings. The second kappa shape index (κ2) is 5.01. The minimum absolute atomic E-state index is 0.0264. The summed E-state index contributed by atoms with van der Waals surface area (Å²) in [5.41, 5.74) is -3.75. The van der Waals surface area contributed by atoms with Gasteiger partial charge >= 0.3 is 12.4 Å². The first-order valence-electron chi connectivity index (χ1n) is 5.91. The van der Waals surface area contributed by atoms with Crippen LogP contribution < -0.4 is 4.90 Å². The summed E-state index contributed by atoms with van der Waals surface area (Å²) in [6.45, 7) is 1.30. The maximum Gasteiger partial charge on any atom is 0.416 e. The second-order valence-electron chi connectivity index (χ2n) is 4.70. The number of aliphatic hydroxyl groups is 1. The van der Waals surface area contributed by atoms with Crippen LogP contribution in [0.3, 0.4) is 0 Å². The maximum atomic E-state index is 12.7. The number of carbonyl (C=O) groups excluding carboxylic acids is 1. The summed E-state index contributed by atoms with van der Waals surface area (Å²) in [6, 6.07) is 0.738. The Labute approximate surface area is 120 Å². The molecule has 9 heteroatoms. The maximum absolute atomic E-state index is 12.7. The molecule has 1 aromatic rings. The molecule has 3 nitrogen and oxygen atoms in total. The zero-order valence-corrected chi connectivity index (χ0v) is 11.0. The molecule has 0 fully saturated rings. The fraction of sp³-hybridized carbons (Fsp3) is 0.308. The van der Waals surface area contributed by atoms with Gasteiger partial charge in [0.05, 0.1) is 11.1 Å². The Bertz CT molecular complexity index is 615. The van der Waals surface area contributed by atoms with Gasteiger partial charge in [-0.3, -0.25) is 9.69 Å². The zero-order chi connectivity index (χ0) is 16.9. The van der Waals surface area contributed by atoms with E-state index in [0.717, 1.165) is 6.08 Å². The number of rotatable bonds is 1. The summed E-state index contributed by atoms with van der Waals surface area (Å²) in [4.78, 5) is 12.2. The van der Waals surface area contributed by atoms with E-state index in [1.807, 2.05) is 0 Å². The predicted octanol–water partition coefficient (Wildman–Crippen LogP) is 3.34. The number of hydrogen-bond acceptors (Lipinski definition) is 2. The molecule has 0 saturated carbocycles. The molecule has 120 valence electrons. The van der Waals surface area contributed by atoms with Gasteiger partial charge in [-0.05, 0) is 31.2 Å². The van der Waals surface area contributed by atoms with E-state index in [9.17, 15) is 36.2 Å². The smallest absolute Gasteiger partial charge is 0.369 e. The molecular weight excluding hydrogens is 316 g/mol. The van der Waals surface area contributed by atoms with E-state index in [4.69, 9.17) is 0 Å². The predicted molar refractivity (Wildman–Crippen MR) is 63.7 cm³/mol. The summed E-state index contributed by atoms with van der Waals surface area (Å²) in [5.74, 6) is -0.861. The number of nitrogens with zero attached hydrogens (tertiary/aromatic N) is 1. The van der Waals surface area contributed by atoms with Crippen molar-refractivity contribution in [2.75, 3.05) is 4.90 Å². The molecule has 1 N–H and O–H groups in total. The molecule has 1 amide bonds. The van der Waals surface area contributed by atoms with Gasteiger partial charge in [0.1, 0.15) is 0 Å². The van der Waals surface area contributed by atoms with E-state index >= 15 is 0 Å². The fourth-order valence-electron chi connectivity index (χ4n) is 2.03. The third-order valence-corrected chi connectivity index (χ3v) is 3.07. The van der Waals surface area contributed by atoms with E-state index < -0.39 is 41.3 Å². The summed E-state index contributed by atoms with van der Waals surface area (Å²) < 4.78 is 76.5. The molecule has 0 aliphatic carbocycles. The Balaban J connectivity index is 2.60. The highest BCUT2D eigenvalue weighted by atomic mass is 19.4. The normalized spacial score (nSPS) is 19.6. The first-order chi connectivity index (χ1) is 9.91. The molecular formula is C13H9F6NO2. The highest BCUT2D eigenvalue weighted by Crippen LogP contribution is 2.39. The number of carbonyl (C=O) groups is 1. The number of alkyl halides is 6. The molecule has 0 spiro atoms. The lowest BCUT2D eigenvalue weighted by atomic mass is 10.1. The third-order valence-electron chi connectivity index (χ3n) is 3.07. The number of hydrogen-bond donors (Lipinski definition) is 1. The van der Waals surface area contributed by atoms with Gasteiger partial charge in [0.2, 0.25) is 0 Å². The van der Waals surface area contributed by atoms with Crippen LogP contribution in [0.5, 0.6) is 0 Å². The van der Waals surface area contributed by atoms with Crippen LogP contribution >= 0.6 is 0 Å². The molecule has 2 rings (SSSR count). The van der Waals surface area contributed by atoms with Crippen LogP contribution in [0.2, 0.25) is 0 Å². The number of halogens is 6. The van der Waals surface area contributed by atoms with Crippen molar-refractivity contribution >= 4 is 11.6 Å². The quantitative estimate of drug-likeness (QED) is 0.805. The highest BCUT2D eigenvalue weighted by Gasteiger charge is 2.39. The van der Waals surface area contributed by atoms with Crippen LogP contribution in [-0.4, -0.2) is 17.2 Å². The van der Waals surface area contributed by atoms with Gasteiger partial charge in [-0.25, -0.2) is 0 Å². The lowest BCUT2D eigenvalue weighted by Gasteiger charge is -2.23. The minimum Gasteiger partial charge on any atom is -0.369 e. The van der Waals surface area contributed by atoms with Crippen LogP contribution in [0.4, 0.5) is 32.0 Å².